The van der Waals surface area contributed by atoms with E-state index in [-0.39, 0.29) is 16.7 Å². The Labute approximate surface area is 121 Å². The summed E-state index contributed by atoms with van der Waals surface area (Å²) in [7, 11) is 0. The maximum atomic E-state index is 12.1. The van der Waals surface area contributed by atoms with E-state index in [9.17, 15) is 13.6 Å². The van der Waals surface area contributed by atoms with Crippen LogP contribution < -0.4 is 15.8 Å². The molecule has 0 bridgehead atoms. The van der Waals surface area contributed by atoms with Crippen molar-refractivity contribution in [3.63, 3.8) is 0 Å². The minimum atomic E-state index is -2.96. The number of alkyl halides is 2. The van der Waals surface area contributed by atoms with Crippen molar-refractivity contribution < 1.29 is 18.3 Å². The van der Waals surface area contributed by atoms with Crippen LogP contribution in [0.15, 0.2) is 18.2 Å². The van der Waals surface area contributed by atoms with Crippen LogP contribution in [-0.2, 0) is 4.79 Å². The Morgan fingerprint density at radius 1 is 1.40 bits per heavy atom. The van der Waals surface area contributed by atoms with E-state index in [1.54, 1.807) is 0 Å². The number of benzene rings is 1. The molecule has 0 aliphatic heterocycles. The van der Waals surface area contributed by atoms with Crippen LogP contribution in [0, 0.1) is 5.41 Å². The number of hydrogen-bond donors (Lipinski definition) is 2. The van der Waals surface area contributed by atoms with Crippen LogP contribution in [0.25, 0.3) is 0 Å². The lowest BCUT2D eigenvalue weighted by Gasteiger charge is -2.25. The van der Waals surface area contributed by atoms with Gasteiger partial charge in [0.2, 0.25) is 5.91 Å². The fourth-order valence-electron chi connectivity index (χ4n) is 1.38. The van der Waals surface area contributed by atoms with E-state index in [1.165, 1.54) is 18.2 Å². The average Bonchev–Trinajstić information content (AvgIpc) is 2.30. The van der Waals surface area contributed by atoms with E-state index < -0.39 is 18.1 Å². The Balaban J connectivity index is 2.80. The topological polar surface area (TPSA) is 64.4 Å². The summed E-state index contributed by atoms with van der Waals surface area (Å²) in [6.45, 7) is 2.56. The molecule has 0 spiro atoms. The number of nitrogens with one attached hydrogen (secondary N) is 1. The summed E-state index contributed by atoms with van der Waals surface area (Å²) in [5.41, 5.74) is 5.77. The van der Waals surface area contributed by atoms with Crippen LogP contribution in [-0.4, -0.2) is 18.6 Å². The molecule has 1 atom stereocenters. The van der Waals surface area contributed by atoms with Crippen molar-refractivity contribution in [3.05, 3.63) is 23.2 Å². The lowest BCUT2D eigenvalue weighted by molar-refractivity contribution is -0.119. The van der Waals surface area contributed by atoms with Crippen LogP contribution in [0.5, 0.6) is 5.75 Å². The van der Waals surface area contributed by atoms with Gasteiger partial charge in [0.15, 0.2) is 0 Å². The molecule has 1 amide bonds. The first-order valence-corrected chi connectivity index (χ1v) is 6.30. The summed E-state index contributed by atoms with van der Waals surface area (Å²) < 4.78 is 28.4. The fourth-order valence-corrected chi connectivity index (χ4v) is 1.61. The lowest BCUT2D eigenvalue weighted by atomic mass is 9.87. The van der Waals surface area contributed by atoms with Gasteiger partial charge in [-0.25, -0.2) is 0 Å². The Kier molecular flexibility index (Phi) is 5.30. The molecule has 112 valence electrons. The van der Waals surface area contributed by atoms with E-state index in [0.717, 1.165) is 0 Å². The van der Waals surface area contributed by atoms with Crippen LogP contribution in [0.2, 0.25) is 5.02 Å². The summed E-state index contributed by atoms with van der Waals surface area (Å²) in [6, 6.07) is 3.29. The minimum Gasteiger partial charge on any atom is -0.433 e. The zero-order valence-electron chi connectivity index (χ0n) is 11.4. The molecule has 20 heavy (non-hydrogen) atoms. The molecule has 1 aromatic rings. The van der Waals surface area contributed by atoms with Gasteiger partial charge in [0.1, 0.15) is 5.75 Å². The first-order chi connectivity index (χ1) is 9.11. The van der Waals surface area contributed by atoms with Crippen LogP contribution in [0.3, 0.4) is 0 Å². The van der Waals surface area contributed by atoms with Gasteiger partial charge >= 0.3 is 6.61 Å². The van der Waals surface area contributed by atoms with Crippen LogP contribution in [0.1, 0.15) is 20.8 Å². The molecule has 0 saturated carbocycles. The van der Waals surface area contributed by atoms with Gasteiger partial charge in [-0.2, -0.15) is 8.78 Å². The smallest absolute Gasteiger partial charge is 0.387 e. The van der Waals surface area contributed by atoms with Crippen molar-refractivity contribution in [2.24, 2.45) is 11.1 Å². The third kappa shape index (κ3) is 4.61. The second-order valence-electron chi connectivity index (χ2n) is 5.36. The third-order valence-corrected chi connectivity index (χ3v) is 2.93. The lowest BCUT2D eigenvalue weighted by Crippen LogP contribution is -2.45. The second-order valence-corrected chi connectivity index (χ2v) is 5.76. The van der Waals surface area contributed by atoms with E-state index in [0.29, 0.717) is 5.69 Å². The first-order valence-electron chi connectivity index (χ1n) is 5.92. The van der Waals surface area contributed by atoms with Gasteiger partial charge in [-0.15, -0.1) is 0 Å². The highest BCUT2D eigenvalue weighted by molar-refractivity contribution is 6.32. The quantitative estimate of drug-likeness (QED) is 0.897. The Hall–Kier alpha value is -1.40. The van der Waals surface area contributed by atoms with E-state index >= 15 is 0 Å². The van der Waals surface area contributed by atoms with Crippen molar-refractivity contribution in [1.82, 2.24) is 0 Å². The van der Waals surface area contributed by atoms with Gasteiger partial charge in [0.25, 0.3) is 0 Å². The summed E-state index contributed by atoms with van der Waals surface area (Å²) in [4.78, 5) is 11.9. The Morgan fingerprint density at radius 2 is 2.00 bits per heavy atom. The van der Waals surface area contributed by atoms with Gasteiger partial charge in [-0.3, -0.25) is 4.79 Å². The number of anilines is 1. The summed E-state index contributed by atoms with van der Waals surface area (Å²) >= 11 is 5.79. The molecule has 0 fully saturated rings. The molecule has 1 unspecified atom stereocenters. The van der Waals surface area contributed by atoms with Gasteiger partial charge in [-0.1, -0.05) is 32.4 Å². The fraction of sp³-hybridized carbons (Fsp3) is 0.462. The molecule has 0 aromatic heterocycles. The van der Waals surface area contributed by atoms with Gasteiger partial charge < -0.3 is 15.8 Å². The number of nitrogens with two attached hydrogens (primary N) is 1. The first kappa shape index (κ1) is 16.7. The van der Waals surface area contributed by atoms with Gasteiger partial charge in [-0.05, 0) is 23.6 Å². The number of rotatable bonds is 4. The molecule has 0 aliphatic carbocycles. The number of amides is 1. The number of ether oxygens (including phenoxy) is 1. The van der Waals surface area contributed by atoms with Crippen molar-refractivity contribution >= 4 is 23.2 Å². The predicted molar refractivity (Wildman–Crippen MR) is 74.1 cm³/mol. The molecule has 1 rings (SSSR count). The number of hydrogen-bond acceptors (Lipinski definition) is 3. The average molecular weight is 307 g/mol. The molecule has 0 saturated heterocycles. The molecule has 1 aromatic carbocycles. The molecule has 0 aliphatic rings. The summed E-state index contributed by atoms with van der Waals surface area (Å²) in [5.74, 6) is -0.532. The number of carbonyl (C=O) groups is 1. The number of halogens is 3. The summed E-state index contributed by atoms with van der Waals surface area (Å²) in [6.07, 6.45) is 0. The number of carbonyl (C=O) groups excluding carboxylic acids is 1. The zero-order valence-corrected chi connectivity index (χ0v) is 12.2. The molecule has 3 N–H and O–H groups in total. The highest BCUT2D eigenvalue weighted by Crippen LogP contribution is 2.29. The van der Waals surface area contributed by atoms with Crippen molar-refractivity contribution in [2.45, 2.75) is 33.4 Å². The molecular formula is C13H17ClF2N2O2. The molecule has 4 nitrogen and oxygen atoms in total. The molecular weight excluding hydrogens is 290 g/mol. The Morgan fingerprint density at radius 3 is 2.45 bits per heavy atom. The van der Waals surface area contributed by atoms with Crippen molar-refractivity contribution in [1.29, 1.82) is 0 Å². The standard InChI is InChI=1S/C13H17ClF2N2O2/c1-13(2,3)10(17)11(19)18-7-4-5-9(8(14)6-7)20-12(15)16/h4-6,10,12H,17H2,1-3H3,(H,18,19). The van der Waals surface area contributed by atoms with Crippen molar-refractivity contribution in [3.8, 4) is 5.75 Å². The molecule has 7 heteroatoms. The maximum Gasteiger partial charge on any atom is 0.387 e. The van der Waals surface area contributed by atoms with Crippen LogP contribution >= 0.6 is 11.6 Å². The predicted octanol–water partition coefficient (Wildman–Crippen LogP) is 3.25. The highest BCUT2D eigenvalue weighted by atomic mass is 35.5. The molecule has 0 heterocycles. The van der Waals surface area contributed by atoms with Crippen LogP contribution in [0.4, 0.5) is 14.5 Å². The van der Waals surface area contributed by atoms with E-state index in [2.05, 4.69) is 10.1 Å². The Bertz CT molecular complexity index is 490. The van der Waals surface area contributed by atoms with Crippen molar-refractivity contribution in [2.75, 3.05) is 5.32 Å². The molecule has 0 radical (unpaired) electrons. The van der Waals surface area contributed by atoms with Gasteiger partial charge in [0.05, 0.1) is 11.1 Å². The third-order valence-electron chi connectivity index (χ3n) is 2.63. The minimum absolute atomic E-state index is 0.0209. The highest BCUT2D eigenvalue weighted by Gasteiger charge is 2.27. The normalized spacial score (nSPS) is 13.2. The van der Waals surface area contributed by atoms with E-state index in [4.69, 9.17) is 17.3 Å². The van der Waals surface area contributed by atoms with E-state index in [1.807, 2.05) is 20.8 Å². The van der Waals surface area contributed by atoms with Gasteiger partial charge in [0, 0.05) is 5.69 Å². The SMILES string of the molecule is CC(C)(C)C(N)C(=O)Nc1ccc(OC(F)F)c(Cl)c1. The summed E-state index contributed by atoms with van der Waals surface area (Å²) in [5, 5.41) is 2.56. The largest absolute Gasteiger partial charge is 0.433 e. The maximum absolute atomic E-state index is 12.1. The monoisotopic (exact) mass is 306 g/mol. The zero-order chi connectivity index (χ0) is 15.5. The second kappa shape index (κ2) is 6.37.